The van der Waals surface area contributed by atoms with Crippen LogP contribution in [0.1, 0.15) is 66.0 Å². The minimum Gasteiger partial charge on any atom is -0.352 e. The summed E-state index contributed by atoms with van der Waals surface area (Å²) in [5, 5.41) is 6.35. The van der Waals surface area contributed by atoms with Crippen molar-refractivity contribution < 1.29 is 9.59 Å². The molecule has 1 atom stereocenters. The number of ketones is 1. The predicted octanol–water partition coefficient (Wildman–Crippen LogP) is 3.87. The predicted molar refractivity (Wildman–Crippen MR) is 108 cm³/mol. The van der Waals surface area contributed by atoms with Crippen LogP contribution in [-0.2, 0) is 22.6 Å². The van der Waals surface area contributed by atoms with E-state index in [0.717, 1.165) is 11.1 Å². The highest BCUT2D eigenvalue weighted by atomic mass is 16.1. The van der Waals surface area contributed by atoms with E-state index in [1.54, 1.807) is 0 Å². The molecule has 26 heavy (non-hydrogen) atoms. The van der Waals surface area contributed by atoms with Crippen LogP contribution in [0.15, 0.2) is 24.3 Å². The van der Waals surface area contributed by atoms with Gasteiger partial charge in [-0.15, -0.1) is 0 Å². The second-order valence-corrected chi connectivity index (χ2v) is 8.97. The maximum atomic E-state index is 12.4. The van der Waals surface area contributed by atoms with Crippen molar-refractivity contribution in [2.24, 2.45) is 11.3 Å². The zero-order chi connectivity index (χ0) is 19.9. The topological polar surface area (TPSA) is 58.2 Å². The van der Waals surface area contributed by atoms with Crippen molar-refractivity contribution in [2.75, 3.05) is 0 Å². The van der Waals surface area contributed by atoms with Crippen LogP contribution >= 0.6 is 0 Å². The van der Waals surface area contributed by atoms with Gasteiger partial charge in [0.25, 0.3) is 0 Å². The van der Waals surface area contributed by atoms with Crippen LogP contribution in [0, 0.1) is 11.3 Å². The SMILES string of the molecule is CC(C)NC(Cc1ccc(CNC(=O)CC(C)(C)C)cc1)C(=O)C(C)C. The highest BCUT2D eigenvalue weighted by Gasteiger charge is 2.22. The molecule has 0 bridgehead atoms. The summed E-state index contributed by atoms with van der Waals surface area (Å²) in [5.41, 5.74) is 2.19. The van der Waals surface area contributed by atoms with E-state index in [4.69, 9.17) is 0 Å². The Labute approximate surface area is 159 Å². The van der Waals surface area contributed by atoms with Crippen molar-refractivity contribution in [3.05, 3.63) is 35.4 Å². The monoisotopic (exact) mass is 360 g/mol. The molecule has 0 spiro atoms. The molecule has 2 N–H and O–H groups in total. The van der Waals surface area contributed by atoms with Gasteiger partial charge < -0.3 is 10.6 Å². The normalized spacial score (nSPS) is 13.1. The molecule has 0 radical (unpaired) electrons. The van der Waals surface area contributed by atoms with E-state index in [0.29, 0.717) is 19.4 Å². The second kappa shape index (κ2) is 9.86. The van der Waals surface area contributed by atoms with E-state index in [1.807, 2.05) is 38.1 Å². The van der Waals surface area contributed by atoms with Crippen LogP contribution in [0.5, 0.6) is 0 Å². The van der Waals surface area contributed by atoms with Crippen molar-refractivity contribution in [3.63, 3.8) is 0 Å². The fourth-order valence-electron chi connectivity index (χ4n) is 2.82. The molecular weight excluding hydrogens is 324 g/mol. The van der Waals surface area contributed by atoms with Gasteiger partial charge in [-0.05, 0) is 23.0 Å². The van der Waals surface area contributed by atoms with E-state index in [2.05, 4.69) is 45.3 Å². The first-order valence-corrected chi connectivity index (χ1v) is 9.62. The molecule has 1 amide bonds. The molecule has 0 aliphatic carbocycles. The summed E-state index contributed by atoms with van der Waals surface area (Å²) in [4.78, 5) is 24.4. The summed E-state index contributed by atoms with van der Waals surface area (Å²) in [6, 6.07) is 8.26. The quantitative estimate of drug-likeness (QED) is 0.703. The lowest BCUT2D eigenvalue weighted by molar-refractivity contribution is -0.124. The molecule has 1 unspecified atom stereocenters. The number of Topliss-reactive ketones (excluding diaryl/α,β-unsaturated/α-hetero) is 1. The van der Waals surface area contributed by atoms with Gasteiger partial charge in [0.15, 0.2) is 5.78 Å². The zero-order valence-corrected chi connectivity index (χ0v) is 17.5. The smallest absolute Gasteiger partial charge is 0.220 e. The van der Waals surface area contributed by atoms with Crippen LogP contribution in [0.2, 0.25) is 0 Å². The lowest BCUT2D eigenvalue weighted by atomic mass is 9.92. The van der Waals surface area contributed by atoms with E-state index in [-0.39, 0.29) is 35.1 Å². The molecule has 1 aromatic rings. The number of benzene rings is 1. The van der Waals surface area contributed by atoms with Crippen LogP contribution in [0.25, 0.3) is 0 Å². The average molecular weight is 361 g/mol. The van der Waals surface area contributed by atoms with Gasteiger partial charge in [-0.25, -0.2) is 0 Å². The third-order valence-corrected chi connectivity index (χ3v) is 4.09. The molecule has 0 fully saturated rings. The van der Waals surface area contributed by atoms with Gasteiger partial charge in [-0.2, -0.15) is 0 Å². The molecule has 0 aliphatic rings. The Bertz CT molecular complexity index is 583. The molecule has 146 valence electrons. The van der Waals surface area contributed by atoms with Gasteiger partial charge in [0, 0.05) is 24.9 Å². The van der Waals surface area contributed by atoms with Crippen LogP contribution in [0.4, 0.5) is 0 Å². The summed E-state index contributed by atoms with van der Waals surface area (Å²) in [6.07, 6.45) is 1.21. The number of hydrogen-bond acceptors (Lipinski definition) is 3. The summed E-state index contributed by atoms with van der Waals surface area (Å²) in [6.45, 7) is 14.7. The third kappa shape index (κ3) is 8.61. The van der Waals surface area contributed by atoms with Gasteiger partial charge >= 0.3 is 0 Å². The van der Waals surface area contributed by atoms with Crippen LogP contribution < -0.4 is 10.6 Å². The third-order valence-electron chi connectivity index (χ3n) is 4.09. The molecule has 0 saturated carbocycles. The Morgan fingerprint density at radius 2 is 1.50 bits per heavy atom. The van der Waals surface area contributed by atoms with Crippen LogP contribution in [-0.4, -0.2) is 23.8 Å². The summed E-state index contributed by atoms with van der Waals surface area (Å²) < 4.78 is 0. The Hall–Kier alpha value is -1.68. The highest BCUT2D eigenvalue weighted by molar-refractivity contribution is 5.86. The van der Waals surface area contributed by atoms with Crippen molar-refractivity contribution in [1.29, 1.82) is 0 Å². The molecule has 0 aromatic heterocycles. The Kier molecular flexibility index (Phi) is 8.48. The van der Waals surface area contributed by atoms with Gasteiger partial charge in [0.05, 0.1) is 6.04 Å². The largest absolute Gasteiger partial charge is 0.352 e. The molecule has 4 nitrogen and oxygen atoms in total. The molecule has 0 heterocycles. The summed E-state index contributed by atoms with van der Waals surface area (Å²) in [5.74, 6) is 0.339. The molecular formula is C22H36N2O2. The lowest BCUT2D eigenvalue weighted by Gasteiger charge is -2.22. The Morgan fingerprint density at radius 3 is 1.96 bits per heavy atom. The van der Waals surface area contributed by atoms with E-state index in [1.165, 1.54) is 0 Å². The van der Waals surface area contributed by atoms with E-state index in [9.17, 15) is 9.59 Å². The first-order chi connectivity index (χ1) is 12.0. The number of amides is 1. The molecule has 0 aliphatic heterocycles. The molecule has 1 aromatic carbocycles. The van der Waals surface area contributed by atoms with Crippen LogP contribution in [0.3, 0.4) is 0 Å². The minimum absolute atomic E-state index is 0.00464. The maximum Gasteiger partial charge on any atom is 0.220 e. The standard InChI is InChI=1S/C22H36N2O2/c1-15(2)21(26)19(24-16(3)4)12-17-8-10-18(11-9-17)14-23-20(25)13-22(5,6)7/h8-11,15-16,19,24H,12-14H2,1-7H3,(H,23,25). The van der Waals surface area contributed by atoms with Crippen molar-refractivity contribution >= 4 is 11.7 Å². The first kappa shape index (κ1) is 22.4. The Morgan fingerprint density at radius 1 is 0.962 bits per heavy atom. The van der Waals surface area contributed by atoms with E-state index >= 15 is 0 Å². The zero-order valence-electron chi connectivity index (χ0n) is 17.5. The van der Waals surface area contributed by atoms with E-state index < -0.39 is 0 Å². The summed E-state index contributed by atoms with van der Waals surface area (Å²) >= 11 is 0. The number of nitrogens with one attached hydrogen (secondary N) is 2. The Balaban J connectivity index is 2.65. The fourth-order valence-corrected chi connectivity index (χ4v) is 2.82. The average Bonchev–Trinajstić information content (AvgIpc) is 2.50. The molecule has 1 rings (SSSR count). The van der Waals surface area contributed by atoms with Gasteiger partial charge in [-0.3, -0.25) is 9.59 Å². The first-order valence-electron chi connectivity index (χ1n) is 9.62. The molecule has 4 heteroatoms. The van der Waals surface area contributed by atoms with Gasteiger partial charge in [0.1, 0.15) is 0 Å². The fraction of sp³-hybridized carbons (Fsp3) is 0.636. The van der Waals surface area contributed by atoms with Gasteiger partial charge in [0.2, 0.25) is 5.91 Å². The minimum atomic E-state index is -0.160. The van der Waals surface area contributed by atoms with Crippen molar-refractivity contribution in [1.82, 2.24) is 10.6 Å². The highest BCUT2D eigenvalue weighted by Crippen LogP contribution is 2.18. The molecule has 0 saturated heterocycles. The lowest BCUT2D eigenvalue weighted by Crippen LogP contribution is -2.44. The number of carbonyl (C=O) groups is 2. The number of rotatable bonds is 9. The second-order valence-electron chi connectivity index (χ2n) is 8.97. The maximum absolute atomic E-state index is 12.4. The summed E-state index contributed by atoms with van der Waals surface area (Å²) in [7, 11) is 0. The van der Waals surface area contributed by atoms with Crippen molar-refractivity contribution in [3.8, 4) is 0 Å². The number of hydrogen-bond donors (Lipinski definition) is 2. The van der Waals surface area contributed by atoms with Crippen molar-refractivity contribution in [2.45, 2.75) is 79.9 Å². The van der Waals surface area contributed by atoms with Gasteiger partial charge in [-0.1, -0.05) is 72.7 Å². The number of carbonyl (C=O) groups excluding carboxylic acids is 2.